The fraction of sp³-hybridized carbons (Fsp3) is 0.438. The molecule has 0 aliphatic carbocycles. The number of hydrogen-bond donors (Lipinski definition) is 0. The van der Waals surface area contributed by atoms with E-state index in [4.69, 9.17) is 27.9 Å². The van der Waals surface area contributed by atoms with Crippen LogP contribution in [0.3, 0.4) is 0 Å². The smallest absolute Gasteiger partial charge is 0.468 e. The molecule has 0 amide bonds. The maximum Gasteiger partial charge on any atom is 0.508 e. The Balaban J connectivity index is 2.02. The van der Waals surface area contributed by atoms with Gasteiger partial charge in [0, 0.05) is 17.0 Å². The van der Waals surface area contributed by atoms with Crippen molar-refractivity contribution in [2.45, 2.75) is 31.2 Å². The van der Waals surface area contributed by atoms with Gasteiger partial charge in [0.1, 0.15) is 18.5 Å². The quantitative estimate of drug-likeness (QED) is 0.326. The van der Waals surface area contributed by atoms with Crippen LogP contribution in [0.2, 0.25) is 10.0 Å². The lowest BCUT2D eigenvalue weighted by Gasteiger charge is -2.35. The van der Waals surface area contributed by atoms with Crippen LogP contribution in [0.15, 0.2) is 18.2 Å². The summed E-state index contributed by atoms with van der Waals surface area (Å²) >= 11 is 11.7. The summed E-state index contributed by atoms with van der Waals surface area (Å²) in [6, 6.07) is 2.58. The average Bonchev–Trinajstić information content (AvgIpc) is 2.58. The molecule has 8 nitrogen and oxygen atoms in total. The van der Waals surface area contributed by atoms with Gasteiger partial charge >= 0.3 is 12.3 Å². The molecule has 1 aliphatic heterocycles. The Hall–Kier alpha value is -2.40. The molecule has 0 N–H and O–H groups in total. The number of fused-ring (bicyclic) bond motifs is 1. The minimum absolute atomic E-state index is 0.0688. The molecule has 0 bridgehead atoms. The van der Waals surface area contributed by atoms with Crippen LogP contribution in [0, 0.1) is 10.1 Å². The van der Waals surface area contributed by atoms with Crippen molar-refractivity contribution in [3.05, 3.63) is 43.9 Å². The summed E-state index contributed by atoms with van der Waals surface area (Å²) in [6.45, 7) is -0.258. The van der Waals surface area contributed by atoms with E-state index in [2.05, 4.69) is 14.3 Å². The molecule has 0 spiro atoms. The first kappa shape index (κ1) is 22.9. The molecule has 160 valence electrons. The van der Waals surface area contributed by atoms with Gasteiger partial charge in [0.2, 0.25) is 0 Å². The zero-order valence-corrected chi connectivity index (χ0v) is 16.2. The van der Waals surface area contributed by atoms with Gasteiger partial charge < -0.3 is 19.0 Å². The highest BCUT2D eigenvalue weighted by Crippen LogP contribution is 2.45. The number of rotatable bonds is 7. The van der Waals surface area contributed by atoms with Gasteiger partial charge in [-0.05, 0) is 25.1 Å². The third-order valence-electron chi connectivity index (χ3n) is 3.75. The van der Waals surface area contributed by atoms with Crippen molar-refractivity contribution in [3.63, 3.8) is 0 Å². The van der Waals surface area contributed by atoms with Crippen LogP contribution in [0.25, 0.3) is 6.08 Å². The Morgan fingerprint density at radius 2 is 2.03 bits per heavy atom. The van der Waals surface area contributed by atoms with Crippen LogP contribution in [0.1, 0.15) is 18.9 Å². The van der Waals surface area contributed by atoms with Crippen molar-refractivity contribution in [1.29, 1.82) is 0 Å². The SMILES string of the molecule is CC(CCOC(=O)OC[C@]1(C(F)(F)F)C=Cc2cc(Cl)cc(Cl)c2O1)O[N+](=O)[O-]. The fourth-order valence-corrected chi connectivity index (χ4v) is 2.83. The van der Waals surface area contributed by atoms with Crippen LogP contribution in [-0.2, 0) is 14.3 Å². The predicted octanol–water partition coefficient (Wildman–Crippen LogP) is 4.84. The Labute approximate surface area is 172 Å². The predicted molar refractivity (Wildman–Crippen MR) is 94.4 cm³/mol. The van der Waals surface area contributed by atoms with Gasteiger partial charge in [0.25, 0.3) is 10.7 Å². The largest absolute Gasteiger partial charge is 0.508 e. The van der Waals surface area contributed by atoms with Crippen molar-refractivity contribution < 1.29 is 42.1 Å². The minimum Gasteiger partial charge on any atom is -0.468 e. The molecule has 0 saturated carbocycles. The summed E-state index contributed by atoms with van der Waals surface area (Å²) in [7, 11) is 0. The van der Waals surface area contributed by atoms with E-state index in [0.29, 0.717) is 6.08 Å². The van der Waals surface area contributed by atoms with Gasteiger partial charge in [-0.3, -0.25) is 0 Å². The van der Waals surface area contributed by atoms with Crippen LogP contribution in [0.4, 0.5) is 18.0 Å². The second-order valence-electron chi connectivity index (χ2n) is 5.94. The van der Waals surface area contributed by atoms with E-state index in [1.807, 2.05) is 0 Å². The summed E-state index contributed by atoms with van der Waals surface area (Å²) < 4.78 is 55.2. The Morgan fingerprint density at radius 3 is 2.66 bits per heavy atom. The summed E-state index contributed by atoms with van der Waals surface area (Å²) in [5.74, 6) is -0.265. The first-order chi connectivity index (χ1) is 13.4. The second kappa shape index (κ2) is 8.95. The minimum atomic E-state index is -4.96. The summed E-state index contributed by atoms with van der Waals surface area (Å²) in [6.07, 6.45) is -5.53. The number of hydrogen-bond acceptors (Lipinski definition) is 7. The van der Waals surface area contributed by atoms with Crippen LogP contribution < -0.4 is 4.74 Å². The van der Waals surface area contributed by atoms with E-state index in [-0.39, 0.29) is 34.4 Å². The zero-order chi connectivity index (χ0) is 21.8. The zero-order valence-electron chi connectivity index (χ0n) is 14.7. The van der Waals surface area contributed by atoms with Crippen LogP contribution in [-0.4, -0.2) is 42.3 Å². The summed E-state index contributed by atoms with van der Waals surface area (Å²) in [4.78, 5) is 25.9. The lowest BCUT2D eigenvalue weighted by Crippen LogP contribution is -2.53. The van der Waals surface area contributed by atoms with E-state index in [1.165, 1.54) is 19.1 Å². The van der Waals surface area contributed by atoms with Crippen molar-refractivity contribution in [3.8, 4) is 5.75 Å². The number of carbonyl (C=O) groups excluding carboxylic acids is 1. The molecule has 2 rings (SSSR count). The van der Waals surface area contributed by atoms with Gasteiger partial charge in [0.15, 0.2) is 0 Å². The second-order valence-corrected chi connectivity index (χ2v) is 6.79. The number of benzene rings is 1. The molecule has 29 heavy (non-hydrogen) atoms. The van der Waals surface area contributed by atoms with Gasteiger partial charge in [-0.25, -0.2) is 4.79 Å². The van der Waals surface area contributed by atoms with E-state index >= 15 is 0 Å². The Morgan fingerprint density at radius 1 is 1.34 bits per heavy atom. The lowest BCUT2D eigenvalue weighted by molar-refractivity contribution is -0.767. The molecule has 0 fully saturated rings. The molecule has 1 unspecified atom stereocenters. The van der Waals surface area contributed by atoms with E-state index in [0.717, 1.165) is 6.08 Å². The maximum absolute atomic E-state index is 13.7. The molecule has 1 heterocycles. The van der Waals surface area contributed by atoms with Crippen molar-refractivity contribution >= 4 is 35.4 Å². The molecular formula is C16H14Cl2F3NO7. The number of carbonyl (C=O) groups is 1. The normalized spacial score (nSPS) is 19.0. The van der Waals surface area contributed by atoms with Gasteiger partial charge in [0.05, 0.1) is 11.6 Å². The molecule has 1 aromatic rings. The number of halogens is 5. The Kier molecular flexibility index (Phi) is 7.06. The fourth-order valence-electron chi connectivity index (χ4n) is 2.28. The van der Waals surface area contributed by atoms with Gasteiger partial charge in [-0.2, -0.15) is 13.2 Å². The maximum atomic E-state index is 13.7. The van der Waals surface area contributed by atoms with Crippen molar-refractivity contribution in [2.75, 3.05) is 13.2 Å². The standard InChI is InChI=1S/C16H14Cl2F3NO7/c1-9(29-22(24)25)3-5-26-14(23)27-8-15(16(19,20)21)4-2-10-6-11(17)7-12(18)13(10)28-15/h2,4,6-7,9H,3,5,8H2,1H3/t9?,15-/m0/s1. The van der Waals surface area contributed by atoms with Gasteiger partial charge in [-0.1, -0.05) is 29.3 Å². The molecule has 2 atom stereocenters. The topological polar surface area (TPSA) is 97.1 Å². The molecular weight excluding hydrogens is 446 g/mol. The van der Waals surface area contributed by atoms with Crippen molar-refractivity contribution in [1.82, 2.24) is 0 Å². The third-order valence-corrected chi connectivity index (χ3v) is 4.25. The number of alkyl halides is 3. The van der Waals surface area contributed by atoms with Crippen molar-refractivity contribution in [2.24, 2.45) is 0 Å². The summed E-state index contributed by atoms with van der Waals surface area (Å²) in [5.41, 5.74) is -2.76. The monoisotopic (exact) mass is 459 g/mol. The van der Waals surface area contributed by atoms with Crippen LogP contribution >= 0.6 is 23.2 Å². The first-order valence-corrected chi connectivity index (χ1v) is 8.74. The van der Waals surface area contributed by atoms with Gasteiger partial charge in [-0.15, -0.1) is 10.1 Å². The van der Waals surface area contributed by atoms with Crippen LogP contribution in [0.5, 0.6) is 5.75 Å². The van der Waals surface area contributed by atoms with E-state index in [1.54, 1.807) is 0 Å². The van der Waals surface area contributed by atoms with E-state index < -0.39 is 35.7 Å². The van der Waals surface area contributed by atoms with E-state index in [9.17, 15) is 28.1 Å². The first-order valence-electron chi connectivity index (χ1n) is 7.98. The third kappa shape index (κ3) is 5.80. The highest BCUT2D eigenvalue weighted by molar-refractivity contribution is 6.36. The lowest BCUT2D eigenvalue weighted by atomic mass is 9.98. The number of ether oxygens (including phenoxy) is 3. The molecule has 1 aromatic carbocycles. The highest BCUT2D eigenvalue weighted by atomic mass is 35.5. The molecule has 0 radical (unpaired) electrons. The highest BCUT2D eigenvalue weighted by Gasteiger charge is 2.58. The Bertz CT molecular complexity index is 818. The molecule has 1 aliphatic rings. The molecule has 13 heteroatoms. The molecule has 0 aromatic heterocycles. The molecule has 0 saturated heterocycles. The average molecular weight is 460 g/mol. The number of nitrogens with zero attached hydrogens (tertiary/aromatic N) is 1. The summed E-state index contributed by atoms with van der Waals surface area (Å²) in [5, 5.41) is 9.20.